The first-order valence-corrected chi connectivity index (χ1v) is 7.42. The Bertz CT molecular complexity index is 584. The largest absolute Gasteiger partial charge is 0.355 e. The van der Waals surface area contributed by atoms with Crippen molar-refractivity contribution in [2.45, 2.75) is 12.3 Å². The third-order valence-electron chi connectivity index (χ3n) is 3.56. The first kappa shape index (κ1) is 16.2. The molecule has 0 aromatic heterocycles. The van der Waals surface area contributed by atoms with E-state index in [4.69, 9.17) is 0 Å². The highest BCUT2D eigenvalue weighted by molar-refractivity contribution is 5.77. The highest BCUT2D eigenvalue weighted by Gasteiger charge is 2.18. The highest BCUT2D eigenvalue weighted by Crippen LogP contribution is 2.28. The van der Waals surface area contributed by atoms with E-state index in [1.165, 1.54) is 12.1 Å². The number of hydrogen-bond donors (Lipinski definition) is 2. The minimum Gasteiger partial charge on any atom is -0.355 e. The summed E-state index contributed by atoms with van der Waals surface area (Å²) in [6, 6.07) is 16.2. The van der Waals surface area contributed by atoms with Gasteiger partial charge in [-0.3, -0.25) is 4.79 Å². The van der Waals surface area contributed by atoms with Crippen molar-refractivity contribution in [1.82, 2.24) is 10.6 Å². The second-order valence-corrected chi connectivity index (χ2v) is 5.17. The van der Waals surface area contributed by atoms with E-state index in [1.54, 1.807) is 12.1 Å². The molecule has 0 unspecified atom stereocenters. The lowest BCUT2D eigenvalue weighted by Gasteiger charge is -2.18. The molecule has 2 rings (SSSR count). The molecule has 0 spiro atoms. The Hall–Kier alpha value is -2.20. The summed E-state index contributed by atoms with van der Waals surface area (Å²) in [5, 5.41) is 5.88. The second kappa shape index (κ2) is 8.29. The van der Waals surface area contributed by atoms with Crippen molar-refractivity contribution in [3.63, 3.8) is 0 Å². The Morgan fingerprint density at radius 2 is 1.64 bits per heavy atom. The van der Waals surface area contributed by atoms with Gasteiger partial charge in [-0.25, -0.2) is 4.39 Å². The molecule has 22 heavy (non-hydrogen) atoms. The molecule has 0 heterocycles. The first-order valence-electron chi connectivity index (χ1n) is 7.42. The Labute approximate surface area is 130 Å². The van der Waals surface area contributed by atoms with Gasteiger partial charge in [0.05, 0.1) is 0 Å². The van der Waals surface area contributed by atoms with Crippen molar-refractivity contribution in [1.29, 1.82) is 0 Å². The van der Waals surface area contributed by atoms with Crippen molar-refractivity contribution >= 4 is 5.91 Å². The standard InChI is InChI=1S/C18H21FN2O/c1-20-11-12-21-18(22)13-17(14-5-3-2-4-6-14)15-7-9-16(19)10-8-15/h2-10,17,20H,11-13H2,1H3,(H,21,22)/t17-/m1/s1. The van der Waals surface area contributed by atoms with Gasteiger partial charge < -0.3 is 10.6 Å². The van der Waals surface area contributed by atoms with E-state index in [1.807, 2.05) is 37.4 Å². The van der Waals surface area contributed by atoms with Crippen molar-refractivity contribution in [3.05, 3.63) is 71.5 Å². The molecule has 2 N–H and O–H groups in total. The van der Waals surface area contributed by atoms with Crippen LogP contribution in [0.2, 0.25) is 0 Å². The smallest absolute Gasteiger partial charge is 0.220 e. The number of rotatable bonds is 7. The summed E-state index contributed by atoms with van der Waals surface area (Å²) in [6.07, 6.45) is 0.347. The van der Waals surface area contributed by atoms with Gasteiger partial charge in [-0.05, 0) is 30.3 Å². The Balaban J connectivity index is 2.15. The predicted octanol–water partition coefficient (Wildman–Crippen LogP) is 2.68. The number of amides is 1. The van der Waals surface area contributed by atoms with E-state index < -0.39 is 0 Å². The van der Waals surface area contributed by atoms with Crippen LogP contribution in [0.3, 0.4) is 0 Å². The van der Waals surface area contributed by atoms with Crippen LogP contribution in [0, 0.1) is 5.82 Å². The minimum atomic E-state index is -0.269. The molecule has 2 aromatic carbocycles. The molecule has 1 amide bonds. The summed E-state index contributed by atoms with van der Waals surface area (Å²) in [7, 11) is 1.84. The maximum atomic E-state index is 13.1. The van der Waals surface area contributed by atoms with E-state index in [9.17, 15) is 9.18 Å². The van der Waals surface area contributed by atoms with Gasteiger partial charge in [0.15, 0.2) is 0 Å². The lowest BCUT2D eigenvalue weighted by atomic mass is 9.88. The molecule has 0 saturated carbocycles. The fraction of sp³-hybridized carbons (Fsp3) is 0.278. The van der Waals surface area contributed by atoms with Crippen molar-refractivity contribution in [3.8, 4) is 0 Å². The van der Waals surface area contributed by atoms with E-state index >= 15 is 0 Å². The van der Waals surface area contributed by atoms with Crippen LogP contribution in [0.4, 0.5) is 4.39 Å². The van der Waals surface area contributed by atoms with E-state index in [-0.39, 0.29) is 17.6 Å². The molecule has 0 saturated heterocycles. The summed E-state index contributed by atoms with van der Waals surface area (Å²) in [6.45, 7) is 1.33. The predicted molar refractivity (Wildman–Crippen MR) is 86.2 cm³/mol. The molecule has 0 aliphatic heterocycles. The number of hydrogen-bond acceptors (Lipinski definition) is 2. The van der Waals surface area contributed by atoms with Crippen LogP contribution in [0.15, 0.2) is 54.6 Å². The van der Waals surface area contributed by atoms with Crippen LogP contribution in [-0.4, -0.2) is 26.0 Å². The summed E-state index contributed by atoms with van der Waals surface area (Å²) in [5.74, 6) is -0.348. The lowest BCUT2D eigenvalue weighted by Crippen LogP contribution is -2.31. The molecule has 1 atom stereocenters. The van der Waals surface area contributed by atoms with Gasteiger partial charge in [-0.15, -0.1) is 0 Å². The monoisotopic (exact) mass is 300 g/mol. The van der Waals surface area contributed by atoms with Gasteiger partial charge in [0.25, 0.3) is 0 Å². The maximum Gasteiger partial charge on any atom is 0.220 e. The van der Waals surface area contributed by atoms with E-state index in [2.05, 4.69) is 10.6 Å². The molecule has 0 aliphatic rings. The summed E-state index contributed by atoms with van der Waals surface area (Å²) >= 11 is 0. The number of carbonyl (C=O) groups excluding carboxylic acids is 1. The fourth-order valence-electron chi connectivity index (χ4n) is 2.39. The molecule has 0 bridgehead atoms. The number of carbonyl (C=O) groups is 1. The number of halogens is 1. The summed E-state index contributed by atoms with van der Waals surface area (Å²) in [4.78, 5) is 12.1. The average Bonchev–Trinajstić information content (AvgIpc) is 2.55. The summed E-state index contributed by atoms with van der Waals surface area (Å²) < 4.78 is 13.1. The molecular weight excluding hydrogens is 279 g/mol. The molecular formula is C18H21FN2O. The third kappa shape index (κ3) is 4.67. The maximum absolute atomic E-state index is 13.1. The van der Waals surface area contributed by atoms with Gasteiger partial charge in [-0.1, -0.05) is 42.5 Å². The lowest BCUT2D eigenvalue weighted by molar-refractivity contribution is -0.121. The molecule has 116 valence electrons. The van der Waals surface area contributed by atoms with Crippen molar-refractivity contribution in [2.24, 2.45) is 0 Å². The second-order valence-electron chi connectivity index (χ2n) is 5.17. The SMILES string of the molecule is CNCCNC(=O)C[C@H](c1ccccc1)c1ccc(F)cc1. The molecule has 0 fully saturated rings. The minimum absolute atomic E-state index is 0.00609. The van der Waals surface area contributed by atoms with Gasteiger partial charge in [0.2, 0.25) is 5.91 Å². The van der Waals surface area contributed by atoms with Crippen LogP contribution < -0.4 is 10.6 Å². The van der Waals surface area contributed by atoms with Gasteiger partial charge in [0, 0.05) is 25.4 Å². The first-order chi connectivity index (χ1) is 10.7. The van der Waals surface area contributed by atoms with Crippen molar-refractivity contribution < 1.29 is 9.18 Å². The molecule has 2 aromatic rings. The van der Waals surface area contributed by atoms with Crippen molar-refractivity contribution in [2.75, 3.05) is 20.1 Å². The topological polar surface area (TPSA) is 41.1 Å². The Kier molecular flexibility index (Phi) is 6.10. The van der Waals surface area contributed by atoms with Crippen LogP contribution in [-0.2, 0) is 4.79 Å². The summed E-state index contributed by atoms with van der Waals surface area (Å²) in [5.41, 5.74) is 1.99. The molecule has 0 aliphatic carbocycles. The quantitative estimate of drug-likeness (QED) is 0.772. The zero-order valence-corrected chi connectivity index (χ0v) is 12.7. The van der Waals surface area contributed by atoms with Gasteiger partial charge in [0.1, 0.15) is 5.82 Å². The van der Waals surface area contributed by atoms with Crippen LogP contribution >= 0.6 is 0 Å². The number of nitrogens with one attached hydrogen (secondary N) is 2. The van der Waals surface area contributed by atoms with E-state index in [0.717, 1.165) is 17.7 Å². The fourth-order valence-corrected chi connectivity index (χ4v) is 2.39. The third-order valence-corrected chi connectivity index (χ3v) is 3.56. The van der Waals surface area contributed by atoms with Crippen LogP contribution in [0.1, 0.15) is 23.5 Å². The zero-order valence-electron chi connectivity index (χ0n) is 12.7. The molecule has 0 radical (unpaired) electrons. The average molecular weight is 300 g/mol. The van der Waals surface area contributed by atoms with Gasteiger partial charge >= 0.3 is 0 Å². The highest BCUT2D eigenvalue weighted by atomic mass is 19.1. The number of likely N-dealkylation sites (N-methyl/N-ethyl adjacent to an activating group) is 1. The Morgan fingerprint density at radius 1 is 1.00 bits per heavy atom. The Morgan fingerprint density at radius 3 is 2.27 bits per heavy atom. The van der Waals surface area contributed by atoms with Gasteiger partial charge in [-0.2, -0.15) is 0 Å². The number of benzene rings is 2. The van der Waals surface area contributed by atoms with Crippen LogP contribution in [0.25, 0.3) is 0 Å². The molecule has 4 heteroatoms. The van der Waals surface area contributed by atoms with Crippen LogP contribution in [0.5, 0.6) is 0 Å². The van der Waals surface area contributed by atoms with E-state index in [0.29, 0.717) is 13.0 Å². The normalized spacial score (nSPS) is 11.9. The zero-order chi connectivity index (χ0) is 15.8. The molecule has 3 nitrogen and oxygen atoms in total.